The first kappa shape index (κ1) is 17.5. The van der Waals surface area contributed by atoms with Gasteiger partial charge in [0.1, 0.15) is 6.04 Å². The molecule has 0 saturated carbocycles. The summed E-state index contributed by atoms with van der Waals surface area (Å²) < 4.78 is 1.97. The first-order valence-electron chi connectivity index (χ1n) is 7.96. The maximum Gasteiger partial charge on any atom is 0.312 e. The van der Waals surface area contributed by atoms with Crippen LogP contribution in [0.2, 0.25) is 0 Å². The number of carbonyl (C=O) groups excluding carboxylic acids is 2. The number of imidazole rings is 1. The second-order valence-electron chi connectivity index (χ2n) is 5.57. The molecule has 1 atom stereocenters. The van der Waals surface area contributed by atoms with Crippen molar-refractivity contribution in [2.24, 2.45) is 5.73 Å². The smallest absolute Gasteiger partial charge is 0.312 e. The minimum atomic E-state index is -0.691. The molecule has 1 unspecified atom stereocenters. The molecule has 24 heavy (non-hydrogen) atoms. The zero-order chi connectivity index (χ0) is 17.4. The van der Waals surface area contributed by atoms with Crippen LogP contribution in [0.5, 0.6) is 0 Å². The molecule has 7 heteroatoms. The number of nitrogens with zero attached hydrogens (tertiary/aromatic N) is 2. The lowest BCUT2D eigenvalue weighted by Gasteiger charge is -2.17. The van der Waals surface area contributed by atoms with Gasteiger partial charge in [-0.25, -0.2) is 9.78 Å². The monoisotopic (exact) mass is 329 g/mol. The molecule has 1 heterocycles. The molecule has 2 rings (SSSR count). The summed E-state index contributed by atoms with van der Waals surface area (Å²) in [4.78, 5) is 27.3. The van der Waals surface area contributed by atoms with Crippen molar-refractivity contribution >= 4 is 11.9 Å². The lowest BCUT2D eigenvalue weighted by molar-refractivity contribution is -0.123. The van der Waals surface area contributed by atoms with Gasteiger partial charge in [-0.3, -0.25) is 4.79 Å². The molecule has 0 fully saturated rings. The molecule has 0 spiro atoms. The van der Waals surface area contributed by atoms with Crippen LogP contribution in [-0.4, -0.2) is 27.5 Å². The molecule has 2 aromatic rings. The Morgan fingerprint density at radius 3 is 2.67 bits per heavy atom. The van der Waals surface area contributed by atoms with E-state index < -0.39 is 12.1 Å². The number of carbonyl (C=O) groups is 2. The van der Waals surface area contributed by atoms with Crippen molar-refractivity contribution in [3.63, 3.8) is 0 Å². The average Bonchev–Trinajstić information content (AvgIpc) is 3.06. The average molecular weight is 329 g/mol. The zero-order valence-electron chi connectivity index (χ0n) is 13.7. The summed E-state index contributed by atoms with van der Waals surface area (Å²) in [5.41, 5.74) is 7.25. The molecular formula is C17H23N5O2. The van der Waals surface area contributed by atoms with E-state index in [-0.39, 0.29) is 5.91 Å². The number of rotatable bonds is 8. The van der Waals surface area contributed by atoms with E-state index in [0.717, 1.165) is 17.5 Å². The second-order valence-corrected chi connectivity index (χ2v) is 5.57. The van der Waals surface area contributed by atoms with E-state index in [9.17, 15) is 9.59 Å². The molecular weight excluding hydrogens is 306 g/mol. The Balaban J connectivity index is 2.00. The molecule has 1 aromatic carbocycles. The number of nitrogens with one attached hydrogen (secondary N) is 2. The van der Waals surface area contributed by atoms with Gasteiger partial charge in [0.25, 0.3) is 0 Å². The van der Waals surface area contributed by atoms with Crippen molar-refractivity contribution in [3.8, 4) is 0 Å². The van der Waals surface area contributed by atoms with Crippen molar-refractivity contribution in [3.05, 3.63) is 54.1 Å². The Hall–Kier alpha value is -2.83. The number of urea groups is 1. The van der Waals surface area contributed by atoms with Crippen LogP contribution in [0.1, 0.15) is 30.9 Å². The number of hydrogen-bond acceptors (Lipinski definition) is 3. The Morgan fingerprint density at radius 1 is 1.29 bits per heavy atom. The summed E-state index contributed by atoms with van der Waals surface area (Å²) in [6, 6.07) is 6.60. The van der Waals surface area contributed by atoms with E-state index in [0.29, 0.717) is 19.5 Å². The predicted molar refractivity (Wildman–Crippen MR) is 91.0 cm³/mol. The van der Waals surface area contributed by atoms with Gasteiger partial charge in [0, 0.05) is 25.5 Å². The van der Waals surface area contributed by atoms with E-state index in [1.54, 1.807) is 12.5 Å². The molecule has 1 aromatic heterocycles. The number of primary amides is 1. The largest absolute Gasteiger partial charge is 0.352 e. The quantitative estimate of drug-likeness (QED) is 0.682. The van der Waals surface area contributed by atoms with Gasteiger partial charge in [0.15, 0.2) is 0 Å². The number of aromatic nitrogens is 2. The van der Waals surface area contributed by atoms with E-state index >= 15 is 0 Å². The molecule has 4 N–H and O–H groups in total. The fourth-order valence-electron chi connectivity index (χ4n) is 2.50. The van der Waals surface area contributed by atoms with Crippen LogP contribution in [0.25, 0.3) is 0 Å². The van der Waals surface area contributed by atoms with Crippen LogP contribution in [0.3, 0.4) is 0 Å². The molecule has 0 aliphatic rings. The van der Waals surface area contributed by atoms with Gasteiger partial charge in [-0.1, -0.05) is 37.6 Å². The predicted octanol–water partition coefficient (Wildman–Crippen LogP) is 1.38. The van der Waals surface area contributed by atoms with Crippen molar-refractivity contribution < 1.29 is 9.59 Å². The molecule has 0 saturated heterocycles. The third kappa shape index (κ3) is 5.12. The Labute approximate surface area is 141 Å². The summed E-state index contributed by atoms with van der Waals surface area (Å²) in [5.74, 6) is -0.229. The number of benzene rings is 1. The van der Waals surface area contributed by atoms with Crippen molar-refractivity contribution in [1.82, 2.24) is 20.2 Å². The topological polar surface area (TPSA) is 102 Å². The number of nitrogens with two attached hydrogens (primary N) is 1. The first-order valence-corrected chi connectivity index (χ1v) is 7.96. The Morgan fingerprint density at radius 2 is 2.04 bits per heavy atom. The lowest BCUT2D eigenvalue weighted by Crippen LogP contribution is -2.48. The highest BCUT2D eigenvalue weighted by Gasteiger charge is 2.18. The van der Waals surface area contributed by atoms with E-state index in [2.05, 4.69) is 15.6 Å². The minimum Gasteiger partial charge on any atom is -0.352 e. The number of hydrogen-bond donors (Lipinski definition) is 3. The van der Waals surface area contributed by atoms with Gasteiger partial charge in [-0.15, -0.1) is 0 Å². The van der Waals surface area contributed by atoms with Crippen LogP contribution in [0.15, 0.2) is 43.0 Å². The zero-order valence-corrected chi connectivity index (χ0v) is 13.7. The van der Waals surface area contributed by atoms with Crippen molar-refractivity contribution in [2.45, 2.75) is 38.9 Å². The molecule has 0 bridgehead atoms. The van der Waals surface area contributed by atoms with Gasteiger partial charge in [-0.05, 0) is 17.5 Å². The van der Waals surface area contributed by atoms with Crippen LogP contribution in [0.4, 0.5) is 4.79 Å². The van der Waals surface area contributed by atoms with Crippen molar-refractivity contribution in [2.75, 3.05) is 0 Å². The third-order valence-corrected chi connectivity index (χ3v) is 3.69. The number of amides is 3. The van der Waals surface area contributed by atoms with Gasteiger partial charge in [-0.2, -0.15) is 0 Å². The highest BCUT2D eigenvalue weighted by atomic mass is 16.2. The first-order chi connectivity index (χ1) is 11.6. The fourth-order valence-corrected chi connectivity index (χ4v) is 2.50. The highest BCUT2D eigenvalue weighted by molar-refractivity contribution is 5.86. The van der Waals surface area contributed by atoms with E-state index in [1.165, 1.54) is 0 Å². The maximum absolute atomic E-state index is 12.3. The molecule has 0 radical (unpaired) electrons. The standard InChI is InChI=1S/C17H23N5O2/c1-2-5-15(21-17(18)24)16(23)20-10-13-6-3-4-7-14(13)11-22-9-8-19-12-22/h3-4,6-9,12,15H,2,5,10-11H2,1H3,(H,20,23)(H3,18,21,24). The summed E-state index contributed by atoms with van der Waals surface area (Å²) in [5, 5.41) is 5.36. The van der Waals surface area contributed by atoms with Crippen LogP contribution in [0, 0.1) is 0 Å². The molecule has 0 aliphatic carbocycles. The Kier molecular flexibility index (Phi) is 6.36. The molecule has 128 valence electrons. The van der Waals surface area contributed by atoms with Gasteiger partial charge >= 0.3 is 6.03 Å². The van der Waals surface area contributed by atoms with Gasteiger partial charge in [0.05, 0.1) is 6.33 Å². The molecule has 0 aliphatic heterocycles. The summed E-state index contributed by atoms with van der Waals surface area (Å²) in [7, 11) is 0. The second kappa shape index (κ2) is 8.71. The molecule has 7 nitrogen and oxygen atoms in total. The van der Waals surface area contributed by atoms with Gasteiger partial charge < -0.3 is 20.9 Å². The maximum atomic E-state index is 12.3. The fraction of sp³-hybridized carbons (Fsp3) is 0.353. The lowest BCUT2D eigenvalue weighted by atomic mass is 10.1. The van der Waals surface area contributed by atoms with Crippen LogP contribution in [-0.2, 0) is 17.9 Å². The minimum absolute atomic E-state index is 0.229. The summed E-state index contributed by atoms with van der Waals surface area (Å²) >= 11 is 0. The Bertz CT molecular complexity index is 669. The van der Waals surface area contributed by atoms with Gasteiger partial charge in [0.2, 0.25) is 5.91 Å². The SMILES string of the molecule is CCCC(NC(N)=O)C(=O)NCc1ccccc1Cn1ccnc1. The normalized spacial score (nSPS) is 11.7. The van der Waals surface area contributed by atoms with Crippen LogP contribution < -0.4 is 16.4 Å². The highest BCUT2D eigenvalue weighted by Crippen LogP contribution is 2.11. The van der Waals surface area contributed by atoms with E-state index in [1.807, 2.05) is 42.0 Å². The molecule has 3 amide bonds. The van der Waals surface area contributed by atoms with E-state index in [4.69, 9.17) is 5.73 Å². The van der Waals surface area contributed by atoms with Crippen LogP contribution >= 0.6 is 0 Å². The third-order valence-electron chi connectivity index (χ3n) is 3.69. The van der Waals surface area contributed by atoms with Crippen molar-refractivity contribution in [1.29, 1.82) is 0 Å². The summed E-state index contributed by atoms with van der Waals surface area (Å²) in [6.45, 7) is 3.03. The summed E-state index contributed by atoms with van der Waals surface area (Å²) in [6.07, 6.45) is 6.70.